The normalized spacial score (nSPS) is 10.4. The van der Waals surface area contributed by atoms with E-state index in [1.165, 1.54) is 0 Å². The van der Waals surface area contributed by atoms with Gasteiger partial charge in [-0.3, -0.25) is 9.59 Å². The quantitative estimate of drug-likeness (QED) is 0.218. The molecule has 0 amide bonds. The van der Waals surface area contributed by atoms with Gasteiger partial charge in [0.2, 0.25) is 0 Å². The second-order valence-electron chi connectivity index (χ2n) is 8.11. The molecule has 0 unspecified atom stereocenters. The summed E-state index contributed by atoms with van der Waals surface area (Å²) in [5.74, 6) is 2.50. The van der Waals surface area contributed by atoms with Crippen molar-refractivity contribution in [1.82, 2.24) is 0 Å². The molecule has 0 aliphatic heterocycles. The maximum atomic E-state index is 12.5. The molecule has 5 rings (SSSR count). The average molecular weight is 471 g/mol. The zero-order chi connectivity index (χ0) is 24.7. The van der Waals surface area contributed by atoms with Crippen molar-refractivity contribution in [2.24, 2.45) is 0 Å². The molecule has 174 valence electrons. The van der Waals surface area contributed by atoms with Crippen molar-refractivity contribution in [2.45, 2.75) is 0 Å². The topological polar surface area (TPSA) is 52.6 Å². The van der Waals surface area contributed by atoms with Crippen LogP contribution < -0.4 is 9.47 Å². The molecule has 0 atom stereocenters. The van der Waals surface area contributed by atoms with E-state index in [1.807, 2.05) is 60.7 Å². The number of hydrogen-bond acceptors (Lipinski definition) is 4. The highest BCUT2D eigenvalue weighted by molar-refractivity contribution is 6.09. The number of carbonyl (C=O) groups is 2. The Labute approximate surface area is 209 Å². The smallest absolute Gasteiger partial charge is 0.193 e. The minimum absolute atomic E-state index is 0.0267. The van der Waals surface area contributed by atoms with Gasteiger partial charge in [0.25, 0.3) is 0 Å². The second kappa shape index (κ2) is 10.5. The molecular formula is C32H22O4. The number of ether oxygens (including phenoxy) is 2. The van der Waals surface area contributed by atoms with Crippen molar-refractivity contribution in [1.29, 1.82) is 0 Å². The maximum absolute atomic E-state index is 12.5. The van der Waals surface area contributed by atoms with Gasteiger partial charge in [-0.1, -0.05) is 60.7 Å². The number of hydrogen-bond donors (Lipinski definition) is 0. The van der Waals surface area contributed by atoms with E-state index in [9.17, 15) is 9.59 Å². The third-order valence-corrected chi connectivity index (χ3v) is 5.60. The third kappa shape index (κ3) is 5.40. The van der Waals surface area contributed by atoms with E-state index in [0.717, 1.165) is 0 Å². The molecule has 0 saturated carbocycles. The first-order valence-corrected chi connectivity index (χ1v) is 11.5. The lowest BCUT2D eigenvalue weighted by atomic mass is 10.0. The molecule has 0 aliphatic rings. The summed E-state index contributed by atoms with van der Waals surface area (Å²) < 4.78 is 11.8. The molecule has 0 fully saturated rings. The van der Waals surface area contributed by atoms with Crippen LogP contribution in [0.15, 0.2) is 133 Å². The minimum Gasteiger partial charge on any atom is -0.457 e. The zero-order valence-electron chi connectivity index (χ0n) is 19.3. The first-order valence-electron chi connectivity index (χ1n) is 11.5. The van der Waals surface area contributed by atoms with Crippen LogP contribution in [0.4, 0.5) is 0 Å². The van der Waals surface area contributed by atoms with E-state index < -0.39 is 0 Å². The summed E-state index contributed by atoms with van der Waals surface area (Å²) in [6, 6.07) is 39.7. The van der Waals surface area contributed by atoms with Crippen molar-refractivity contribution in [3.63, 3.8) is 0 Å². The number of ketones is 2. The first kappa shape index (κ1) is 22.8. The lowest BCUT2D eigenvalue weighted by Crippen LogP contribution is -2.00. The summed E-state index contributed by atoms with van der Waals surface area (Å²) in [5, 5.41) is 0. The molecule has 0 spiro atoms. The molecule has 5 aromatic rings. The van der Waals surface area contributed by atoms with Crippen molar-refractivity contribution in [2.75, 3.05) is 0 Å². The molecule has 0 saturated heterocycles. The van der Waals surface area contributed by atoms with Crippen molar-refractivity contribution in [3.05, 3.63) is 156 Å². The van der Waals surface area contributed by atoms with Crippen LogP contribution in [-0.4, -0.2) is 11.6 Å². The van der Waals surface area contributed by atoms with Crippen molar-refractivity contribution < 1.29 is 19.1 Å². The SMILES string of the molecule is O=C(c1ccccc1)c1ccc(Oc2ccc(Oc3ccc(C(=O)c4ccccc4)cc3)cc2)cc1. The average Bonchev–Trinajstić information content (AvgIpc) is 2.95. The first-order chi connectivity index (χ1) is 17.7. The summed E-state index contributed by atoms with van der Waals surface area (Å²) in [5.41, 5.74) is 2.51. The Morgan fingerprint density at radius 1 is 0.333 bits per heavy atom. The highest BCUT2D eigenvalue weighted by Gasteiger charge is 2.10. The Balaban J connectivity index is 1.19. The summed E-state index contributed by atoms with van der Waals surface area (Å²) >= 11 is 0. The highest BCUT2D eigenvalue weighted by atomic mass is 16.5. The van der Waals surface area contributed by atoms with Crippen LogP contribution in [0.1, 0.15) is 31.8 Å². The number of carbonyl (C=O) groups excluding carboxylic acids is 2. The fourth-order valence-electron chi connectivity index (χ4n) is 3.71. The molecule has 0 N–H and O–H groups in total. The minimum atomic E-state index is -0.0267. The van der Waals surface area contributed by atoms with Crippen LogP contribution >= 0.6 is 0 Å². The molecule has 4 heteroatoms. The predicted octanol–water partition coefficient (Wildman–Crippen LogP) is 7.73. The predicted molar refractivity (Wildman–Crippen MR) is 139 cm³/mol. The van der Waals surface area contributed by atoms with Gasteiger partial charge in [-0.05, 0) is 72.8 Å². The summed E-state index contributed by atoms with van der Waals surface area (Å²) in [6.45, 7) is 0. The van der Waals surface area contributed by atoms with Gasteiger partial charge in [-0.15, -0.1) is 0 Å². The van der Waals surface area contributed by atoms with Crippen LogP contribution in [0.3, 0.4) is 0 Å². The van der Waals surface area contributed by atoms with E-state index in [0.29, 0.717) is 45.3 Å². The lowest BCUT2D eigenvalue weighted by molar-refractivity contribution is 0.103. The lowest BCUT2D eigenvalue weighted by Gasteiger charge is -2.09. The van der Waals surface area contributed by atoms with Gasteiger partial charge in [0.05, 0.1) is 0 Å². The standard InChI is InChI=1S/C32H22O4/c33-31(23-7-3-1-4-8-23)25-11-15-27(16-12-25)35-29-19-21-30(22-20-29)36-28-17-13-26(14-18-28)32(34)24-9-5-2-6-10-24/h1-22H. The van der Waals surface area contributed by atoms with E-state index in [-0.39, 0.29) is 11.6 Å². The van der Waals surface area contributed by atoms with Gasteiger partial charge in [0, 0.05) is 22.3 Å². The Morgan fingerprint density at radius 3 is 0.889 bits per heavy atom. The van der Waals surface area contributed by atoms with Gasteiger partial charge in [-0.2, -0.15) is 0 Å². The van der Waals surface area contributed by atoms with Crippen LogP contribution in [0.2, 0.25) is 0 Å². The molecule has 0 aromatic heterocycles. The summed E-state index contributed by atoms with van der Waals surface area (Å²) in [7, 11) is 0. The third-order valence-electron chi connectivity index (χ3n) is 5.60. The molecule has 0 bridgehead atoms. The molecule has 0 radical (unpaired) electrons. The van der Waals surface area contributed by atoms with Crippen LogP contribution in [0.25, 0.3) is 0 Å². The van der Waals surface area contributed by atoms with Crippen LogP contribution in [0, 0.1) is 0 Å². The molecule has 36 heavy (non-hydrogen) atoms. The fourth-order valence-corrected chi connectivity index (χ4v) is 3.71. The van der Waals surface area contributed by atoms with Gasteiger partial charge in [-0.25, -0.2) is 0 Å². The monoisotopic (exact) mass is 470 g/mol. The number of rotatable bonds is 8. The second-order valence-corrected chi connectivity index (χ2v) is 8.11. The molecular weight excluding hydrogens is 448 g/mol. The molecule has 4 nitrogen and oxygen atoms in total. The molecule has 0 heterocycles. The van der Waals surface area contributed by atoms with Crippen LogP contribution in [0.5, 0.6) is 23.0 Å². The maximum Gasteiger partial charge on any atom is 0.193 e. The van der Waals surface area contributed by atoms with E-state index in [2.05, 4.69) is 0 Å². The van der Waals surface area contributed by atoms with Crippen LogP contribution in [-0.2, 0) is 0 Å². The Bertz CT molecular complexity index is 1340. The Kier molecular flexibility index (Phi) is 6.68. The Morgan fingerprint density at radius 2 is 0.583 bits per heavy atom. The van der Waals surface area contributed by atoms with Crippen molar-refractivity contribution in [3.8, 4) is 23.0 Å². The summed E-state index contributed by atoms with van der Waals surface area (Å²) in [4.78, 5) is 25.1. The van der Waals surface area contributed by atoms with E-state index in [4.69, 9.17) is 9.47 Å². The van der Waals surface area contributed by atoms with Gasteiger partial charge >= 0.3 is 0 Å². The molecule has 0 aliphatic carbocycles. The largest absolute Gasteiger partial charge is 0.457 e. The Hall–Kier alpha value is -4.96. The van der Waals surface area contributed by atoms with E-state index >= 15 is 0 Å². The molecule has 5 aromatic carbocycles. The van der Waals surface area contributed by atoms with Crippen molar-refractivity contribution >= 4 is 11.6 Å². The summed E-state index contributed by atoms with van der Waals surface area (Å²) in [6.07, 6.45) is 0. The zero-order valence-corrected chi connectivity index (χ0v) is 19.3. The van der Waals surface area contributed by atoms with Gasteiger partial charge in [0.15, 0.2) is 11.6 Å². The van der Waals surface area contributed by atoms with Gasteiger partial charge < -0.3 is 9.47 Å². The highest BCUT2D eigenvalue weighted by Crippen LogP contribution is 2.27. The number of benzene rings is 5. The fraction of sp³-hybridized carbons (Fsp3) is 0. The van der Waals surface area contributed by atoms with E-state index in [1.54, 1.807) is 72.8 Å². The van der Waals surface area contributed by atoms with Gasteiger partial charge in [0.1, 0.15) is 23.0 Å².